The first-order valence-corrected chi connectivity index (χ1v) is 5.50. The van der Waals surface area contributed by atoms with Crippen molar-refractivity contribution in [2.75, 3.05) is 14.1 Å². The van der Waals surface area contributed by atoms with E-state index in [1.807, 2.05) is 19.0 Å². The van der Waals surface area contributed by atoms with E-state index in [9.17, 15) is 0 Å². The molecule has 0 aromatic carbocycles. The van der Waals surface area contributed by atoms with Crippen LogP contribution < -0.4 is 5.32 Å². The summed E-state index contributed by atoms with van der Waals surface area (Å²) in [6.07, 6.45) is 5.34. The highest BCUT2D eigenvalue weighted by atomic mass is 32.1. The number of hydrogen-bond donors (Lipinski definition) is 1. The van der Waals surface area contributed by atoms with Crippen molar-refractivity contribution < 1.29 is 0 Å². The van der Waals surface area contributed by atoms with Crippen LogP contribution in [0.15, 0.2) is 0 Å². The van der Waals surface area contributed by atoms with Crippen LogP contribution in [0.4, 0.5) is 0 Å². The summed E-state index contributed by atoms with van der Waals surface area (Å²) in [5, 5.41) is 4.30. The van der Waals surface area contributed by atoms with Gasteiger partial charge in [0, 0.05) is 20.1 Å². The van der Waals surface area contributed by atoms with Crippen LogP contribution in [0.1, 0.15) is 32.6 Å². The van der Waals surface area contributed by atoms with Gasteiger partial charge >= 0.3 is 0 Å². The summed E-state index contributed by atoms with van der Waals surface area (Å²) < 4.78 is 0. The lowest BCUT2D eigenvalue weighted by Crippen LogP contribution is -2.45. The fraction of sp³-hybridized carbons (Fsp3) is 0.900. The van der Waals surface area contributed by atoms with Crippen LogP contribution in [0.3, 0.4) is 0 Å². The van der Waals surface area contributed by atoms with Gasteiger partial charge in [0.15, 0.2) is 5.11 Å². The Labute approximate surface area is 86.7 Å². The molecule has 76 valence electrons. The standard InChI is InChI=1S/C10H20N2S/c1-8-6-4-5-7-9(8)11-10(13)12(2)3/h8-9H,4-7H2,1-3H3,(H,11,13). The van der Waals surface area contributed by atoms with Crippen molar-refractivity contribution in [3.63, 3.8) is 0 Å². The molecule has 3 heteroatoms. The summed E-state index contributed by atoms with van der Waals surface area (Å²) in [6, 6.07) is 0.601. The Kier molecular flexibility index (Phi) is 3.97. The van der Waals surface area contributed by atoms with E-state index >= 15 is 0 Å². The van der Waals surface area contributed by atoms with Crippen LogP contribution in [-0.2, 0) is 0 Å². The molecule has 0 saturated heterocycles. The van der Waals surface area contributed by atoms with Crippen molar-refractivity contribution in [3.8, 4) is 0 Å². The van der Waals surface area contributed by atoms with Crippen molar-refractivity contribution in [3.05, 3.63) is 0 Å². The average molecular weight is 200 g/mol. The third-order valence-electron chi connectivity index (χ3n) is 2.83. The summed E-state index contributed by atoms with van der Waals surface area (Å²) in [5.74, 6) is 0.770. The quantitative estimate of drug-likeness (QED) is 0.652. The van der Waals surface area contributed by atoms with Crippen LogP contribution in [0.5, 0.6) is 0 Å². The van der Waals surface area contributed by atoms with Gasteiger partial charge < -0.3 is 10.2 Å². The first-order chi connectivity index (χ1) is 6.11. The summed E-state index contributed by atoms with van der Waals surface area (Å²) in [4.78, 5) is 1.97. The van der Waals surface area contributed by atoms with E-state index in [0.29, 0.717) is 6.04 Å². The Hall–Kier alpha value is -0.310. The maximum atomic E-state index is 5.23. The molecule has 0 aromatic heterocycles. The van der Waals surface area contributed by atoms with E-state index in [0.717, 1.165) is 11.0 Å². The summed E-state index contributed by atoms with van der Waals surface area (Å²) in [7, 11) is 3.98. The second-order valence-electron chi connectivity index (χ2n) is 4.21. The van der Waals surface area contributed by atoms with Crippen molar-refractivity contribution in [2.24, 2.45) is 5.92 Å². The van der Waals surface area contributed by atoms with Crippen LogP contribution in [0.25, 0.3) is 0 Å². The van der Waals surface area contributed by atoms with Gasteiger partial charge in [0.1, 0.15) is 0 Å². The molecule has 2 nitrogen and oxygen atoms in total. The van der Waals surface area contributed by atoms with Crippen LogP contribution in [0.2, 0.25) is 0 Å². The topological polar surface area (TPSA) is 15.3 Å². The fourth-order valence-corrected chi connectivity index (χ4v) is 1.97. The third-order valence-corrected chi connectivity index (χ3v) is 3.31. The molecule has 0 amide bonds. The fourth-order valence-electron chi connectivity index (χ4n) is 1.82. The highest BCUT2D eigenvalue weighted by molar-refractivity contribution is 7.80. The minimum absolute atomic E-state index is 0.601. The minimum atomic E-state index is 0.601. The van der Waals surface area contributed by atoms with E-state index in [1.165, 1.54) is 25.7 Å². The summed E-state index contributed by atoms with van der Waals surface area (Å²) >= 11 is 5.23. The molecule has 0 aliphatic heterocycles. The van der Waals surface area contributed by atoms with Crippen LogP contribution in [0, 0.1) is 5.92 Å². The minimum Gasteiger partial charge on any atom is -0.360 e. The number of nitrogens with zero attached hydrogens (tertiary/aromatic N) is 1. The first kappa shape index (κ1) is 10.8. The SMILES string of the molecule is CC1CCCCC1NC(=S)N(C)C. The first-order valence-electron chi connectivity index (χ1n) is 5.09. The summed E-state index contributed by atoms with van der Waals surface area (Å²) in [6.45, 7) is 2.31. The average Bonchev–Trinajstić information content (AvgIpc) is 2.08. The number of nitrogens with one attached hydrogen (secondary N) is 1. The second kappa shape index (κ2) is 4.80. The Morgan fingerprint density at radius 3 is 2.46 bits per heavy atom. The molecule has 0 radical (unpaired) electrons. The highest BCUT2D eigenvalue weighted by Gasteiger charge is 2.21. The highest BCUT2D eigenvalue weighted by Crippen LogP contribution is 2.23. The van der Waals surface area contributed by atoms with Crippen LogP contribution in [-0.4, -0.2) is 30.1 Å². The number of rotatable bonds is 1. The van der Waals surface area contributed by atoms with Crippen molar-refractivity contribution in [1.29, 1.82) is 0 Å². The van der Waals surface area contributed by atoms with Gasteiger partial charge in [-0.25, -0.2) is 0 Å². The van der Waals surface area contributed by atoms with Gasteiger partial charge in [0.05, 0.1) is 0 Å². The van der Waals surface area contributed by atoms with Gasteiger partial charge in [0.25, 0.3) is 0 Å². The molecule has 2 unspecified atom stereocenters. The van der Waals surface area contributed by atoms with Gasteiger partial charge in [-0.1, -0.05) is 19.8 Å². The van der Waals surface area contributed by atoms with E-state index in [4.69, 9.17) is 12.2 Å². The third kappa shape index (κ3) is 3.14. The zero-order valence-electron chi connectivity index (χ0n) is 8.84. The molecule has 1 fully saturated rings. The van der Waals surface area contributed by atoms with Gasteiger partial charge in [0.2, 0.25) is 0 Å². The van der Waals surface area contributed by atoms with Gasteiger partial charge in [-0.3, -0.25) is 0 Å². The summed E-state index contributed by atoms with van der Waals surface area (Å²) in [5.41, 5.74) is 0. The Bertz CT molecular complexity index is 180. The van der Waals surface area contributed by atoms with Gasteiger partial charge in [-0.2, -0.15) is 0 Å². The predicted octanol–water partition coefficient (Wildman–Crippen LogP) is 2.00. The molecule has 0 spiro atoms. The number of thiocarbonyl (C=S) groups is 1. The monoisotopic (exact) mass is 200 g/mol. The molecule has 0 aromatic rings. The normalized spacial score (nSPS) is 28.2. The zero-order chi connectivity index (χ0) is 9.84. The second-order valence-corrected chi connectivity index (χ2v) is 4.60. The van der Waals surface area contributed by atoms with E-state index < -0.39 is 0 Å². The predicted molar refractivity (Wildman–Crippen MR) is 60.8 cm³/mol. The van der Waals surface area contributed by atoms with Gasteiger partial charge in [-0.15, -0.1) is 0 Å². The molecule has 0 heterocycles. The molecule has 1 aliphatic rings. The Morgan fingerprint density at radius 1 is 1.31 bits per heavy atom. The smallest absolute Gasteiger partial charge is 0.168 e. The zero-order valence-corrected chi connectivity index (χ0v) is 9.66. The number of hydrogen-bond acceptors (Lipinski definition) is 1. The van der Waals surface area contributed by atoms with Crippen molar-refractivity contribution in [1.82, 2.24) is 10.2 Å². The Balaban J connectivity index is 2.38. The van der Waals surface area contributed by atoms with Crippen LogP contribution >= 0.6 is 12.2 Å². The van der Waals surface area contributed by atoms with E-state index in [2.05, 4.69) is 12.2 Å². The van der Waals surface area contributed by atoms with Gasteiger partial charge in [-0.05, 0) is 31.0 Å². The lowest BCUT2D eigenvalue weighted by molar-refractivity contribution is 0.304. The maximum Gasteiger partial charge on any atom is 0.168 e. The Morgan fingerprint density at radius 2 is 1.92 bits per heavy atom. The maximum absolute atomic E-state index is 5.23. The molecule has 1 rings (SSSR count). The molecule has 0 bridgehead atoms. The van der Waals surface area contributed by atoms with E-state index in [1.54, 1.807) is 0 Å². The molecule has 1 N–H and O–H groups in total. The molecule has 1 aliphatic carbocycles. The molecule has 1 saturated carbocycles. The lowest BCUT2D eigenvalue weighted by Gasteiger charge is -2.31. The van der Waals surface area contributed by atoms with Crippen molar-refractivity contribution >= 4 is 17.3 Å². The largest absolute Gasteiger partial charge is 0.360 e. The van der Waals surface area contributed by atoms with E-state index in [-0.39, 0.29) is 0 Å². The molecule has 2 atom stereocenters. The molecular formula is C10H20N2S. The molecular weight excluding hydrogens is 180 g/mol. The van der Waals surface area contributed by atoms with Crippen molar-refractivity contribution in [2.45, 2.75) is 38.6 Å². The molecule has 13 heavy (non-hydrogen) atoms. The lowest BCUT2D eigenvalue weighted by atomic mass is 9.86.